The number of nitro benzene ring substituents is 1. The third-order valence-corrected chi connectivity index (χ3v) is 3.83. The van der Waals surface area contributed by atoms with E-state index in [9.17, 15) is 24.5 Å². The van der Waals surface area contributed by atoms with Crippen LogP contribution in [0.5, 0.6) is 0 Å². The molecule has 0 spiro atoms. The van der Waals surface area contributed by atoms with Crippen molar-refractivity contribution in [2.24, 2.45) is 0 Å². The van der Waals surface area contributed by atoms with Crippen LogP contribution in [0.1, 0.15) is 10.4 Å². The summed E-state index contributed by atoms with van der Waals surface area (Å²) in [6.07, 6.45) is 0. The van der Waals surface area contributed by atoms with E-state index in [1.807, 2.05) is 0 Å². The number of nitrogens with one attached hydrogen (secondary N) is 1. The average molecular weight is 379 g/mol. The summed E-state index contributed by atoms with van der Waals surface area (Å²) < 4.78 is 9.30. The number of nitrogens with zero attached hydrogens (tertiary/aromatic N) is 2. The average Bonchev–Trinajstić information content (AvgIpc) is 2.96. The minimum atomic E-state index is -0.787. The Balaban J connectivity index is 2.52. The lowest BCUT2D eigenvalue weighted by molar-refractivity contribution is -0.384. The van der Waals surface area contributed by atoms with Gasteiger partial charge in [-0.2, -0.15) is 0 Å². The number of β-amino-alcohol motifs (C(OH)–C–C–N with tert-alkyl or cyclic N) is 1. The number of non-ortho nitro benzene ring substituents is 1. The molecule has 0 bridgehead atoms. The predicted molar refractivity (Wildman–Crippen MR) is 90.8 cm³/mol. The van der Waals surface area contributed by atoms with Crippen molar-refractivity contribution in [1.82, 2.24) is 4.90 Å². The molecular formula is C16H17N3O8. The number of carbonyl (C=O) groups is 3. The number of aliphatic hydroxyl groups excluding tert-OH is 1. The van der Waals surface area contributed by atoms with Gasteiger partial charge in [-0.3, -0.25) is 14.9 Å². The number of nitro groups is 1. The van der Waals surface area contributed by atoms with E-state index in [0.29, 0.717) is 0 Å². The van der Waals surface area contributed by atoms with Gasteiger partial charge in [-0.15, -0.1) is 0 Å². The van der Waals surface area contributed by atoms with Gasteiger partial charge in [0.15, 0.2) is 0 Å². The Hall–Kier alpha value is -3.47. The highest BCUT2D eigenvalue weighted by Gasteiger charge is 2.35. The molecular weight excluding hydrogens is 362 g/mol. The lowest BCUT2D eigenvalue weighted by atomic mass is 10.1. The summed E-state index contributed by atoms with van der Waals surface area (Å²) in [7, 11) is 2.27. The quantitative estimate of drug-likeness (QED) is 0.381. The van der Waals surface area contributed by atoms with Gasteiger partial charge in [0.1, 0.15) is 5.70 Å². The largest absolute Gasteiger partial charge is 0.466 e. The van der Waals surface area contributed by atoms with Crippen molar-refractivity contribution in [1.29, 1.82) is 0 Å². The van der Waals surface area contributed by atoms with Gasteiger partial charge in [-0.1, -0.05) is 0 Å². The summed E-state index contributed by atoms with van der Waals surface area (Å²) in [6.45, 7) is -0.460. The summed E-state index contributed by atoms with van der Waals surface area (Å²) in [5.74, 6) is -2.19. The lowest BCUT2D eigenvalue weighted by Gasteiger charge is -2.15. The summed E-state index contributed by atoms with van der Waals surface area (Å²) in [4.78, 5) is 48.0. The van der Waals surface area contributed by atoms with Gasteiger partial charge in [0.25, 0.3) is 11.6 Å². The SMILES string of the molecule is COC(=O)C1=C(Nc2cc([N+](=O)[O-])ccc2C(=O)OC)C(=O)N(CCO)C1. The first kappa shape index (κ1) is 19.8. The topological polar surface area (TPSA) is 148 Å². The van der Waals surface area contributed by atoms with E-state index in [1.165, 1.54) is 11.0 Å². The van der Waals surface area contributed by atoms with Gasteiger partial charge in [0.05, 0.1) is 49.1 Å². The Bertz CT molecular complexity index is 833. The molecule has 1 heterocycles. The number of amides is 1. The standard InChI is InChI=1S/C16H17N3O8/c1-26-15(22)10-4-3-9(19(24)25)7-12(10)17-13-11(16(23)27-2)8-18(5-6-20)14(13)21/h3-4,7,17,20H,5-6,8H2,1-2H3. The van der Waals surface area contributed by atoms with Crippen LogP contribution in [-0.4, -0.2) is 66.7 Å². The number of carbonyl (C=O) groups excluding carboxylic acids is 3. The Morgan fingerprint density at radius 2 is 1.96 bits per heavy atom. The zero-order chi connectivity index (χ0) is 20.1. The first-order chi connectivity index (χ1) is 12.8. The number of methoxy groups -OCH3 is 2. The Labute approximate surface area is 153 Å². The first-order valence-electron chi connectivity index (χ1n) is 7.69. The molecule has 144 valence electrons. The smallest absolute Gasteiger partial charge is 0.339 e. The monoisotopic (exact) mass is 379 g/mol. The van der Waals surface area contributed by atoms with Gasteiger partial charge in [-0.05, 0) is 6.07 Å². The molecule has 2 rings (SSSR count). The van der Waals surface area contributed by atoms with Crippen molar-refractivity contribution in [2.75, 3.05) is 39.2 Å². The molecule has 1 aromatic rings. The number of esters is 2. The van der Waals surface area contributed by atoms with Crippen molar-refractivity contribution < 1.29 is 33.9 Å². The molecule has 1 amide bonds. The highest BCUT2D eigenvalue weighted by Crippen LogP contribution is 2.28. The van der Waals surface area contributed by atoms with E-state index >= 15 is 0 Å². The zero-order valence-corrected chi connectivity index (χ0v) is 14.6. The molecule has 0 unspecified atom stereocenters. The normalized spacial score (nSPS) is 13.6. The van der Waals surface area contributed by atoms with Crippen molar-refractivity contribution in [2.45, 2.75) is 0 Å². The zero-order valence-electron chi connectivity index (χ0n) is 14.6. The molecule has 11 heteroatoms. The van der Waals surface area contributed by atoms with Crippen LogP contribution < -0.4 is 5.32 Å². The maximum atomic E-state index is 12.5. The third-order valence-electron chi connectivity index (χ3n) is 3.83. The molecule has 0 saturated carbocycles. The van der Waals surface area contributed by atoms with Crippen LogP contribution in [0.4, 0.5) is 11.4 Å². The van der Waals surface area contributed by atoms with Gasteiger partial charge < -0.3 is 24.8 Å². The predicted octanol–water partition coefficient (Wildman–Crippen LogP) is 0.0549. The van der Waals surface area contributed by atoms with Crippen LogP contribution in [0.3, 0.4) is 0 Å². The summed E-state index contributed by atoms with van der Waals surface area (Å²) in [5, 5.41) is 22.7. The van der Waals surface area contributed by atoms with Gasteiger partial charge in [0.2, 0.25) is 0 Å². The molecule has 0 atom stereocenters. The van der Waals surface area contributed by atoms with Crippen molar-refractivity contribution in [3.63, 3.8) is 0 Å². The molecule has 2 N–H and O–H groups in total. The van der Waals surface area contributed by atoms with Crippen molar-refractivity contribution in [3.8, 4) is 0 Å². The van der Waals surface area contributed by atoms with Crippen molar-refractivity contribution >= 4 is 29.2 Å². The Morgan fingerprint density at radius 3 is 2.52 bits per heavy atom. The molecule has 0 radical (unpaired) electrons. The van der Waals surface area contributed by atoms with Crippen LogP contribution in [0, 0.1) is 10.1 Å². The second-order valence-electron chi connectivity index (χ2n) is 5.40. The van der Waals surface area contributed by atoms with E-state index in [0.717, 1.165) is 26.4 Å². The fourth-order valence-electron chi connectivity index (χ4n) is 2.52. The van der Waals surface area contributed by atoms with Crippen LogP contribution in [-0.2, 0) is 19.1 Å². The summed E-state index contributed by atoms with van der Waals surface area (Å²) in [5.41, 5.74) is -0.692. The number of ether oxygens (including phenoxy) is 2. The molecule has 0 fully saturated rings. The van der Waals surface area contributed by atoms with E-state index < -0.39 is 22.8 Å². The highest BCUT2D eigenvalue weighted by molar-refractivity contribution is 6.09. The number of rotatable bonds is 7. The Morgan fingerprint density at radius 1 is 1.30 bits per heavy atom. The van der Waals surface area contributed by atoms with Crippen LogP contribution in [0.25, 0.3) is 0 Å². The number of hydrogen-bond donors (Lipinski definition) is 2. The maximum absolute atomic E-state index is 12.5. The van der Waals surface area contributed by atoms with E-state index in [4.69, 9.17) is 5.11 Å². The number of benzene rings is 1. The molecule has 1 aliphatic rings. The number of aliphatic hydroxyl groups is 1. The van der Waals surface area contributed by atoms with E-state index in [2.05, 4.69) is 14.8 Å². The summed E-state index contributed by atoms with van der Waals surface area (Å²) >= 11 is 0. The lowest BCUT2D eigenvalue weighted by Crippen LogP contribution is -2.31. The molecule has 11 nitrogen and oxygen atoms in total. The Kier molecular flexibility index (Phi) is 6.08. The van der Waals surface area contributed by atoms with Gasteiger partial charge in [-0.25, -0.2) is 9.59 Å². The number of anilines is 1. The second kappa shape index (κ2) is 8.27. The molecule has 0 aromatic heterocycles. The molecule has 0 aliphatic carbocycles. The van der Waals surface area contributed by atoms with Gasteiger partial charge in [0, 0.05) is 18.7 Å². The highest BCUT2D eigenvalue weighted by atomic mass is 16.6. The minimum Gasteiger partial charge on any atom is -0.466 e. The van der Waals surface area contributed by atoms with Gasteiger partial charge >= 0.3 is 11.9 Å². The molecule has 1 aliphatic heterocycles. The van der Waals surface area contributed by atoms with Crippen molar-refractivity contribution in [3.05, 3.63) is 45.1 Å². The van der Waals surface area contributed by atoms with Crippen LogP contribution in [0.2, 0.25) is 0 Å². The van der Waals surface area contributed by atoms with Crippen LogP contribution >= 0.6 is 0 Å². The van der Waals surface area contributed by atoms with Crippen LogP contribution in [0.15, 0.2) is 29.5 Å². The third kappa shape index (κ3) is 4.03. The van der Waals surface area contributed by atoms with E-state index in [-0.39, 0.29) is 47.9 Å². The fourth-order valence-corrected chi connectivity index (χ4v) is 2.52. The number of hydrogen-bond acceptors (Lipinski definition) is 9. The fraction of sp³-hybridized carbons (Fsp3) is 0.312. The molecule has 1 aromatic carbocycles. The molecule has 0 saturated heterocycles. The second-order valence-corrected chi connectivity index (χ2v) is 5.40. The maximum Gasteiger partial charge on any atom is 0.339 e. The molecule has 27 heavy (non-hydrogen) atoms. The van der Waals surface area contributed by atoms with E-state index in [1.54, 1.807) is 0 Å². The first-order valence-corrected chi connectivity index (χ1v) is 7.69. The minimum absolute atomic E-state index is 0.0245. The summed E-state index contributed by atoms with van der Waals surface area (Å²) in [6, 6.07) is 3.34.